The Labute approximate surface area is 195 Å². The van der Waals surface area contributed by atoms with Crippen molar-refractivity contribution in [1.82, 2.24) is 19.7 Å². The molecular weight excluding hydrogens is 460 g/mol. The predicted molar refractivity (Wildman–Crippen MR) is 125 cm³/mol. The van der Waals surface area contributed by atoms with E-state index in [-0.39, 0.29) is 41.7 Å². The molecule has 3 heterocycles. The Balaban J connectivity index is 1.82. The molecule has 0 saturated carbocycles. The smallest absolute Gasteiger partial charge is 0.407 e. The number of pyridine rings is 1. The summed E-state index contributed by atoms with van der Waals surface area (Å²) in [6.45, 7) is 2.35. The number of H-pyrrole nitrogens is 1. The van der Waals surface area contributed by atoms with Crippen LogP contribution in [-0.4, -0.2) is 58.6 Å². The predicted octanol–water partition coefficient (Wildman–Crippen LogP) is 2.50. The van der Waals surface area contributed by atoms with E-state index in [0.29, 0.717) is 23.0 Å². The molecule has 2 aromatic heterocycles. The molecule has 2 atom stereocenters. The van der Waals surface area contributed by atoms with Crippen LogP contribution in [0.2, 0.25) is 0 Å². The quantitative estimate of drug-likeness (QED) is 0.498. The van der Waals surface area contributed by atoms with Crippen LogP contribution >= 0.6 is 0 Å². The molecule has 0 aliphatic carbocycles. The number of fused-ring (bicyclic) bond motifs is 1. The topological polar surface area (TPSA) is 161 Å². The van der Waals surface area contributed by atoms with Gasteiger partial charge in [-0.25, -0.2) is 13.2 Å². The van der Waals surface area contributed by atoms with Gasteiger partial charge in [-0.2, -0.15) is 10.4 Å². The number of amides is 1. The van der Waals surface area contributed by atoms with E-state index in [9.17, 15) is 28.4 Å². The van der Waals surface area contributed by atoms with E-state index in [0.717, 1.165) is 6.26 Å². The number of sulfone groups is 1. The van der Waals surface area contributed by atoms with Gasteiger partial charge in [0.15, 0.2) is 15.7 Å². The zero-order chi connectivity index (χ0) is 24.7. The third-order valence-corrected chi connectivity index (χ3v) is 7.58. The summed E-state index contributed by atoms with van der Waals surface area (Å²) in [7, 11) is -3.35. The molecule has 34 heavy (non-hydrogen) atoms. The molecule has 1 aliphatic rings. The molecule has 11 nitrogen and oxygen atoms in total. The number of nitriles is 1. The third-order valence-electron chi connectivity index (χ3n) is 6.45. The summed E-state index contributed by atoms with van der Waals surface area (Å²) < 4.78 is 25.2. The molecule has 1 aromatic carbocycles. The molecule has 1 fully saturated rings. The number of likely N-dealkylation sites (tertiary alicyclic amines) is 1. The summed E-state index contributed by atoms with van der Waals surface area (Å²) in [6.07, 6.45) is 2.06. The number of hydrogen-bond acceptors (Lipinski definition) is 7. The summed E-state index contributed by atoms with van der Waals surface area (Å²) in [5.41, 5.74) is -0.135. The lowest BCUT2D eigenvalue weighted by Crippen LogP contribution is -2.53. The highest BCUT2D eigenvalue weighted by molar-refractivity contribution is 7.90. The second kappa shape index (κ2) is 8.49. The minimum Gasteiger partial charge on any atom is -0.465 e. The van der Waals surface area contributed by atoms with Crippen LogP contribution in [0.1, 0.15) is 19.8 Å². The third kappa shape index (κ3) is 3.99. The van der Waals surface area contributed by atoms with E-state index in [4.69, 9.17) is 5.10 Å². The highest BCUT2D eigenvalue weighted by Crippen LogP contribution is 2.41. The van der Waals surface area contributed by atoms with Crippen molar-refractivity contribution in [2.45, 2.75) is 30.2 Å². The normalized spacial score (nSPS) is 20.7. The van der Waals surface area contributed by atoms with Crippen molar-refractivity contribution < 1.29 is 18.3 Å². The summed E-state index contributed by atoms with van der Waals surface area (Å²) in [5.74, 6) is 0.00965. The second-order valence-corrected chi connectivity index (χ2v) is 10.6. The number of aromatic amines is 1. The fourth-order valence-corrected chi connectivity index (χ4v) is 5.19. The minimum absolute atomic E-state index is 0.0910. The number of nitrogens with zero attached hydrogens (tertiary/aromatic N) is 4. The molecule has 12 heteroatoms. The van der Waals surface area contributed by atoms with Crippen molar-refractivity contribution in [1.29, 1.82) is 5.26 Å². The fraction of sp³-hybridized carbons (Fsp3) is 0.364. The van der Waals surface area contributed by atoms with Crippen molar-refractivity contribution in [3.05, 3.63) is 46.9 Å². The van der Waals surface area contributed by atoms with E-state index in [2.05, 4.69) is 16.4 Å². The van der Waals surface area contributed by atoms with Crippen LogP contribution in [0, 0.1) is 17.2 Å². The van der Waals surface area contributed by atoms with E-state index < -0.39 is 21.5 Å². The maximum Gasteiger partial charge on any atom is 0.407 e. The number of carbonyl (C=O) groups is 1. The Morgan fingerprint density at radius 1 is 1.35 bits per heavy atom. The zero-order valence-electron chi connectivity index (χ0n) is 18.6. The molecule has 3 aromatic rings. The molecule has 178 valence electrons. The summed E-state index contributed by atoms with van der Waals surface area (Å²) in [6, 6.07) is 10.0. The Hall–Kier alpha value is -3.85. The summed E-state index contributed by atoms with van der Waals surface area (Å²) in [4.78, 5) is 28.4. The Morgan fingerprint density at radius 2 is 2.06 bits per heavy atom. The number of benzene rings is 1. The average molecular weight is 485 g/mol. The van der Waals surface area contributed by atoms with Crippen LogP contribution in [0.5, 0.6) is 0 Å². The highest BCUT2D eigenvalue weighted by atomic mass is 32.2. The largest absolute Gasteiger partial charge is 0.465 e. The van der Waals surface area contributed by atoms with Gasteiger partial charge >= 0.3 is 6.09 Å². The van der Waals surface area contributed by atoms with Gasteiger partial charge in [-0.05, 0) is 36.8 Å². The molecule has 2 unspecified atom stereocenters. The van der Waals surface area contributed by atoms with Gasteiger partial charge in [0.2, 0.25) is 0 Å². The van der Waals surface area contributed by atoms with Crippen molar-refractivity contribution >= 4 is 38.3 Å². The van der Waals surface area contributed by atoms with E-state index in [1.165, 1.54) is 23.2 Å². The average Bonchev–Trinajstić information content (AvgIpc) is 3.15. The van der Waals surface area contributed by atoms with Crippen molar-refractivity contribution in [3.8, 4) is 6.07 Å². The number of rotatable bonds is 5. The van der Waals surface area contributed by atoms with Crippen LogP contribution < -0.4 is 10.9 Å². The standard InChI is InChI=1S/C22H24N6O5S/c1-14-13-27(21(30)31)12-9-22(14,8-10-23)28-17-7-11-24-20(29)18(17)19(26-28)25-15-3-5-16(6-4-15)34(2,32)33/h3-7,11,14H,8-9,12-13H2,1-2H3,(H,24,29)(H,25,26)(H,30,31). The van der Waals surface area contributed by atoms with Gasteiger partial charge < -0.3 is 20.3 Å². The van der Waals surface area contributed by atoms with E-state index >= 15 is 0 Å². The first-order chi connectivity index (χ1) is 16.1. The van der Waals surface area contributed by atoms with Gasteiger partial charge in [0.1, 0.15) is 5.39 Å². The van der Waals surface area contributed by atoms with Gasteiger partial charge in [0.25, 0.3) is 5.56 Å². The van der Waals surface area contributed by atoms with E-state index in [1.54, 1.807) is 22.9 Å². The molecule has 4 rings (SSSR count). The zero-order valence-corrected chi connectivity index (χ0v) is 19.5. The molecular formula is C22H24N6O5S. The number of anilines is 2. The van der Waals surface area contributed by atoms with Crippen LogP contribution in [0.25, 0.3) is 10.9 Å². The van der Waals surface area contributed by atoms with Gasteiger partial charge in [-0.15, -0.1) is 0 Å². The Morgan fingerprint density at radius 3 is 2.65 bits per heavy atom. The first-order valence-corrected chi connectivity index (χ1v) is 12.5. The maximum atomic E-state index is 12.8. The van der Waals surface area contributed by atoms with Crippen LogP contribution in [-0.2, 0) is 15.4 Å². The summed E-state index contributed by atoms with van der Waals surface area (Å²) >= 11 is 0. The SMILES string of the molecule is CC1CN(C(=O)O)CCC1(CC#N)n1nc(Nc2ccc(S(C)(=O)=O)cc2)c2c(=O)[nH]ccc21. The van der Waals surface area contributed by atoms with E-state index in [1.807, 2.05) is 6.92 Å². The fourth-order valence-electron chi connectivity index (χ4n) is 4.56. The minimum atomic E-state index is -3.35. The van der Waals surface area contributed by atoms with Gasteiger partial charge in [-0.3, -0.25) is 9.48 Å². The number of carboxylic acid groups (broad SMARTS) is 1. The van der Waals surface area contributed by atoms with Crippen LogP contribution in [0.3, 0.4) is 0 Å². The van der Waals surface area contributed by atoms with Crippen LogP contribution in [0.15, 0.2) is 46.2 Å². The summed E-state index contributed by atoms with van der Waals surface area (Å²) in [5, 5.41) is 27.1. The highest BCUT2D eigenvalue weighted by Gasteiger charge is 2.45. The van der Waals surface area contributed by atoms with Crippen molar-refractivity contribution in [2.24, 2.45) is 5.92 Å². The number of nitrogens with one attached hydrogen (secondary N) is 2. The molecule has 1 saturated heterocycles. The lowest BCUT2D eigenvalue weighted by atomic mass is 9.76. The molecule has 1 aliphatic heterocycles. The molecule has 1 amide bonds. The molecule has 3 N–H and O–H groups in total. The molecule has 0 spiro atoms. The maximum absolute atomic E-state index is 12.8. The first kappa shape index (κ1) is 23.3. The van der Waals surface area contributed by atoms with Crippen molar-refractivity contribution in [2.75, 3.05) is 24.7 Å². The second-order valence-electron chi connectivity index (χ2n) is 8.57. The van der Waals surface area contributed by atoms with Gasteiger partial charge in [0.05, 0.1) is 28.4 Å². The van der Waals surface area contributed by atoms with Gasteiger partial charge in [0, 0.05) is 37.1 Å². The first-order valence-electron chi connectivity index (χ1n) is 10.6. The van der Waals surface area contributed by atoms with Crippen LogP contribution in [0.4, 0.5) is 16.3 Å². The monoisotopic (exact) mass is 484 g/mol. The number of piperidine rings is 1. The van der Waals surface area contributed by atoms with Gasteiger partial charge in [-0.1, -0.05) is 6.92 Å². The number of aromatic nitrogens is 3. The number of hydrogen-bond donors (Lipinski definition) is 3. The molecule has 0 bridgehead atoms. The lowest BCUT2D eigenvalue weighted by Gasteiger charge is -2.45. The molecule has 0 radical (unpaired) electrons. The lowest BCUT2D eigenvalue weighted by molar-refractivity contribution is 0.0480. The van der Waals surface area contributed by atoms with Crippen molar-refractivity contribution in [3.63, 3.8) is 0 Å². The Bertz CT molecular complexity index is 1450. The Kier molecular flexibility index (Phi) is 5.82.